The van der Waals surface area contributed by atoms with Crippen LogP contribution in [-0.4, -0.2) is 86.8 Å². The van der Waals surface area contributed by atoms with Gasteiger partial charge >= 0.3 is 13.8 Å². The molecule has 0 rings (SSSR count). The largest absolute Gasteiger partial charge is 0.472 e. The predicted molar refractivity (Wildman–Crippen MR) is 244 cm³/mol. The van der Waals surface area contributed by atoms with Crippen molar-refractivity contribution in [3.63, 3.8) is 0 Å². The third kappa shape index (κ3) is 45.0. The van der Waals surface area contributed by atoms with Crippen LogP contribution in [0, 0.1) is 0 Å². The van der Waals surface area contributed by atoms with E-state index >= 15 is 0 Å². The first kappa shape index (κ1) is 55.9. The number of carbonyl (C=O) groups is 1. The van der Waals surface area contributed by atoms with Gasteiger partial charge in [0, 0.05) is 13.0 Å². The fraction of sp³-hybridized carbons (Fsp3) is 0.729. The van der Waals surface area contributed by atoms with E-state index in [1.807, 2.05) is 39.4 Å². The van der Waals surface area contributed by atoms with Crippen molar-refractivity contribution in [2.45, 2.75) is 174 Å². The Morgan fingerprint density at radius 2 is 1.03 bits per heavy atom. The third-order valence-corrected chi connectivity index (χ3v) is 10.3. The maximum Gasteiger partial charge on any atom is 0.472 e. The lowest BCUT2D eigenvalue weighted by molar-refractivity contribution is -0.870. The van der Waals surface area contributed by atoms with Gasteiger partial charge in [-0.1, -0.05) is 176 Å². The van der Waals surface area contributed by atoms with Crippen molar-refractivity contribution in [3.8, 4) is 0 Å². The molecule has 0 bridgehead atoms. The minimum atomic E-state index is -4.30. The summed E-state index contributed by atoms with van der Waals surface area (Å²) in [6.07, 6.45) is 49.5. The Morgan fingerprint density at radius 1 is 0.603 bits per heavy atom. The van der Waals surface area contributed by atoms with Gasteiger partial charge in [-0.25, -0.2) is 4.57 Å². The standard InChI is InChI=1S/C48H86NO8P/c1-6-7-8-9-10-11-12-13-14-20-23-26-29-32-35-38-42-54-44-47(45-56-58(52,53)55-43-41-49(3,4)5)57-48(51)40-37-34-31-28-25-22-19-17-15-16-18-21-24-27-30-33-36-39-46(2)50/h15,17-18,21-22,25,27,30-31,34,36,39,46-47,50H,6-14,16,19-20,23-24,26,28-29,32-33,35,37-38,40-45H2,1-5H3/p+1/b17-15+,21-18+,25-22+,30-27+,34-31+,39-36-. The topological polar surface area (TPSA) is 112 Å². The Balaban J connectivity index is 4.36. The summed E-state index contributed by atoms with van der Waals surface area (Å²) in [5, 5.41) is 9.19. The van der Waals surface area contributed by atoms with E-state index in [1.54, 1.807) is 13.0 Å². The van der Waals surface area contributed by atoms with Crippen molar-refractivity contribution in [1.82, 2.24) is 0 Å². The van der Waals surface area contributed by atoms with Gasteiger partial charge in [0.2, 0.25) is 0 Å². The van der Waals surface area contributed by atoms with Gasteiger partial charge in [-0.3, -0.25) is 13.8 Å². The molecule has 0 aliphatic heterocycles. The number of likely N-dealkylation sites (N-methyl/N-ethyl adjacent to an activating group) is 1. The van der Waals surface area contributed by atoms with Crippen molar-refractivity contribution >= 4 is 13.8 Å². The lowest BCUT2D eigenvalue weighted by Gasteiger charge is -2.24. The van der Waals surface area contributed by atoms with Crippen LogP contribution in [0.5, 0.6) is 0 Å². The second kappa shape index (κ2) is 40.3. The Kier molecular flexibility index (Phi) is 38.9. The summed E-state index contributed by atoms with van der Waals surface area (Å²) in [5.41, 5.74) is 0. The number of phosphoric acid groups is 1. The number of allylic oxidation sites excluding steroid dienone is 11. The molecular formula is C48H87NO8P+. The molecule has 0 spiro atoms. The molecule has 9 nitrogen and oxygen atoms in total. The summed E-state index contributed by atoms with van der Waals surface area (Å²) in [4.78, 5) is 22.9. The number of nitrogens with zero attached hydrogens (tertiary/aromatic N) is 1. The van der Waals surface area contributed by atoms with Crippen molar-refractivity contribution in [2.24, 2.45) is 0 Å². The number of unbranched alkanes of at least 4 members (excludes halogenated alkanes) is 15. The highest BCUT2D eigenvalue weighted by Gasteiger charge is 2.26. The number of carbonyl (C=O) groups excluding carboxylic acids is 1. The molecule has 0 aromatic rings. The molecular weight excluding hydrogens is 750 g/mol. The zero-order valence-electron chi connectivity index (χ0n) is 37.6. The SMILES string of the molecule is CCCCCCCCCCCCCCCCCCOCC(COP(=O)(O)OCC[N+](C)(C)C)OC(=O)CC/C=C/C/C=C/C/C=C/C/C=C/C/C=C/C/C=C\C(C)O. The molecule has 10 heteroatoms. The Hall–Kier alpha value is -2.10. The van der Waals surface area contributed by atoms with Crippen LogP contribution in [0.15, 0.2) is 72.9 Å². The number of aliphatic hydroxyl groups excluding tert-OH is 1. The molecule has 0 aromatic heterocycles. The number of hydrogen-bond donors (Lipinski definition) is 2. The molecule has 0 saturated carbocycles. The maximum atomic E-state index is 12.7. The van der Waals surface area contributed by atoms with E-state index in [9.17, 15) is 19.4 Å². The van der Waals surface area contributed by atoms with Gasteiger partial charge in [-0.2, -0.15) is 0 Å². The van der Waals surface area contributed by atoms with Crippen molar-refractivity contribution < 1.29 is 42.4 Å². The Labute approximate surface area is 355 Å². The minimum absolute atomic E-state index is 0.0677. The molecule has 0 heterocycles. The molecule has 3 atom stereocenters. The first-order chi connectivity index (χ1) is 27.9. The fourth-order valence-electron chi connectivity index (χ4n) is 5.83. The first-order valence-corrected chi connectivity index (χ1v) is 24.2. The van der Waals surface area contributed by atoms with Crippen LogP contribution in [-0.2, 0) is 27.9 Å². The van der Waals surface area contributed by atoms with E-state index in [0.29, 0.717) is 24.1 Å². The van der Waals surface area contributed by atoms with Gasteiger partial charge < -0.3 is 24.0 Å². The van der Waals surface area contributed by atoms with Crippen LogP contribution in [0.1, 0.15) is 162 Å². The summed E-state index contributed by atoms with van der Waals surface area (Å²) in [6, 6.07) is 0. The molecule has 0 aliphatic carbocycles. The highest BCUT2D eigenvalue weighted by atomic mass is 31.2. The number of hydrogen-bond acceptors (Lipinski definition) is 7. The Morgan fingerprint density at radius 3 is 1.48 bits per heavy atom. The van der Waals surface area contributed by atoms with E-state index in [0.717, 1.165) is 44.9 Å². The van der Waals surface area contributed by atoms with Gasteiger partial charge in [-0.05, 0) is 51.9 Å². The molecule has 0 aliphatic rings. The lowest BCUT2D eigenvalue weighted by Crippen LogP contribution is -2.37. The van der Waals surface area contributed by atoms with Crippen molar-refractivity contribution in [2.75, 3.05) is 54.1 Å². The van der Waals surface area contributed by atoms with Gasteiger partial charge in [0.1, 0.15) is 19.3 Å². The second-order valence-corrected chi connectivity index (χ2v) is 17.8. The number of ether oxygens (including phenoxy) is 2. The average Bonchev–Trinajstić information content (AvgIpc) is 3.16. The lowest BCUT2D eigenvalue weighted by atomic mass is 10.0. The molecule has 336 valence electrons. The zero-order valence-corrected chi connectivity index (χ0v) is 38.5. The van der Waals surface area contributed by atoms with Crippen LogP contribution >= 0.6 is 7.82 Å². The summed E-state index contributed by atoms with van der Waals surface area (Å²) < 4.78 is 34.9. The fourth-order valence-corrected chi connectivity index (χ4v) is 6.57. The highest BCUT2D eigenvalue weighted by Crippen LogP contribution is 2.43. The van der Waals surface area contributed by atoms with Gasteiger partial charge in [-0.15, -0.1) is 0 Å². The molecule has 0 fully saturated rings. The summed E-state index contributed by atoms with van der Waals surface area (Å²) in [5.74, 6) is -0.404. The second-order valence-electron chi connectivity index (χ2n) is 16.3. The minimum Gasteiger partial charge on any atom is -0.457 e. The monoisotopic (exact) mass is 837 g/mol. The predicted octanol–water partition coefficient (Wildman–Crippen LogP) is 12.5. The summed E-state index contributed by atoms with van der Waals surface area (Å²) in [7, 11) is 1.60. The van der Waals surface area contributed by atoms with Crippen LogP contribution in [0.25, 0.3) is 0 Å². The van der Waals surface area contributed by atoms with Gasteiger partial charge in [0.15, 0.2) is 0 Å². The van der Waals surface area contributed by atoms with Crippen molar-refractivity contribution in [1.29, 1.82) is 0 Å². The number of aliphatic hydroxyl groups is 1. The molecule has 0 amide bonds. The molecule has 58 heavy (non-hydrogen) atoms. The van der Waals surface area contributed by atoms with E-state index in [-0.39, 0.29) is 32.3 Å². The normalized spacial score (nSPS) is 14.9. The summed E-state index contributed by atoms with van der Waals surface area (Å²) in [6.45, 7) is 4.97. The first-order valence-electron chi connectivity index (χ1n) is 22.7. The quantitative estimate of drug-likeness (QED) is 0.0206. The zero-order chi connectivity index (χ0) is 42.8. The van der Waals surface area contributed by atoms with Crippen LogP contribution in [0.2, 0.25) is 0 Å². The number of quaternary nitrogens is 1. The van der Waals surface area contributed by atoms with E-state index in [1.165, 1.54) is 89.9 Å². The number of phosphoric ester groups is 1. The Bertz CT molecular complexity index is 1170. The average molecular weight is 837 g/mol. The molecule has 0 aromatic carbocycles. The molecule has 0 saturated heterocycles. The molecule has 3 unspecified atom stereocenters. The van der Waals surface area contributed by atoms with Crippen LogP contribution in [0.3, 0.4) is 0 Å². The number of esters is 1. The molecule has 2 N–H and O–H groups in total. The van der Waals surface area contributed by atoms with Gasteiger partial charge in [0.25, 0.3) is 0 Å². The maximum absolute atomic E-state index is 12.7. The smallest absolute Gasteiger partial charge is 0.457 e. The highest BCUT2D eigenvalue weighted by molar-refractivity contribution is 7.47. The van der Waals surface area contributed by atoms with Crippen LogP contribution in [0.4, 0.5) is 0 Å². The van der Waals surface area contributed by atoms with Crippen molar-refractivity contribution in [3.05, 3.63) is 72.9 Å². The third-order valence-electron chi connectivity index (χ3n) is 9.31. The van der Waals surface area contributed by atoms with Gasteiger partial charge in [0.05, 0.1) is 40.5 Å². The van der Waals surface area contributed by atoms with E-state index < -0.39 is 19.9 Å². The summed E-state index contributed by atoms with van der Waals surface area (Å²) >= 11 is 0. The van der Waals surface area contributed by atoms with E-state index in [2.05, 4.69) is 55.5 Å². The van der Waals surface area contributed by atoms with Crippen LogP contribution < -0.4 is 0 Å². The van der Waals surface area contributed by atoms with E-state index in [4.69, 9.17) is 18.5 Å². The number of rotatable bonds is 41. The molecule has 0 radical (unpaired) electrons.